The van der Waals surface area contributed by atoms with Gasteiger partial charge >= 0.3 is 0 Å². The number of rotatable bonds is 6. The Balaban J connectivity index is 1.49. The summed E-state index contributed by atoms with van der Waals surface area (Å²) >= 11 is 0. The van der Waals surface area contributed by atoms with Crippen molar-refractivity contribution < 1.29 is 0 Å². The zero-order chi connectivity index (χ0) is 26.6. The minimum atomic E-state index is 0.423. The Morgan fingerprint density at radius 1 is 0.763 bits per heavy atom. The highest BCUT2D eigenvalue weighted by molar-refractivity contribution is 5.82. The maximum Gasteiger partial charge on any atom is 0.251 e. The number of nitrogens with one attached hydrogen (secondary N) is 2. The van der Waals surface area contributed by atoms with E-state index in [0.29, 0.717) is 40.9 Å². The predicted molar refractivity (Wildman–Crippen MR) is 146 cm³/mol. The number of nitrogens with zero attached hydrogens (tertiary/aromatic N) is 10. The fraction of sp³-hybridized carbons (Fsp3) is 0.192. The molecule has 0 saturated carbocycles. The van der Waals surface area contributed by atoms with Crippen molar-refractivity contribution >= 4 is 35.1 Å². The Hall–Kier alpha value is -5.13. The van der Waals surface area contributed by atoms with Gasteiger partial charge in [0.15, 0.2) is 0 Å². The van der Waals surface area contributed by atoms with Crippen molar-refractivity contribution in [1.29, 1.82) is 0 Å². The monoisotopic (exact) mass is 508 g/mol. The molecule has 0 aliphatic rings. The Morgan fingerprint density at radius 2 is 1.34 bits per heavy atom. The Bertz CT molecular complexity index is 1660. The van der Waals surface area contributed by atoms with Gasteiger partial charge in [0.25, 0.3) is 5.95 Å². The number of hydrogen-bond acceptors (Lipinski definition) is 8. The van der Waals surface area contributed by atoms with E-state index in [0.717, 1.165) is 17.1 Å². The molecule has 2 N–H and O–H groups in total. The standard InChI is InChI=1S/C26H28N12/c1-17-16-22(28-18(2)29-25-32-23(34-36(25)4)30-20-12-8-6-9-13-20)38(19(3)27-17)26-33-24(35-37(26)5)31-21-14-10-7-11-15-21/h6-16H,1-5H3,(H,30,34)(H,31,35). The van der Waals surface area contributed by atoms with Gasteiger partial charge in [0.2, 0.25) is 17.8 Å². The van der Waals surface area contributed by atoms with Crippen molar-refractivity contribution in [1.82, 2.24) is 39.1 Å². The van der Waals surface area contributed by atoms with Gasteiger partial charge in [0.05, 0.1) is 0 Å². The first-order valence-corrected chi connectivity index (χ1v) is 12.0. The van der Waals surface area contributed by atoms with Crippen LogP contribution in [0.3, 0.4) is 0 Å². The largest absolute Gasteiger partial charge is 0.323 e. The molecule has 38 heavy (non-hydrogen) atoms. The molecule has 2 aromatic carbocycles. The van der Waals surface area contributed by atoms with Gasteiger partial charge in [-0.15, -0.1) is 10.2 Å². The fourth-order valence-electron chi connectivity index (χ4n) is 3.87. The first-order chi connectivity index (χ1) is 18.4. The van der Waals surface area contributed by atoms with E-state index in [1.165, 1.54) is 0 Å². The molecule has 0 amide bonds. The number of aliphatic imine (C=N–C) groups is 1. The van der Waals surface area contributed by atoms with Gasteiger partial charge in [0.1, 0.15) is 17.1 Å². The van der Waals surface area contributed by atoms with Gasteiger partial charge in [-0.2, -0.15) is 15.0 Å². The van der Waals surface area contributed by atoms with Crippen LogP contribution < -0.4 is 16.1 Å². The number of para-hydroxylation sites is 2. The first kappa shape index (κ1) is 24.6. The summed E-state index contributed by atoms with van der Waals surface area (Å²) in [7, 11) is 3.62. The molecule has 12 nitrogen and oxygen atoms in total. The molecule has 5 aromatic rings. The summed E-state index contributed by atoms with van der Waals surface area (Å²) in [6.07, 6.45) is 0. The molecular weight excluding hydrogens is 480 g/mol. The Labute approximate surface area is 219 Å². The molecular formula is C26H28N12. The number of amidine groups is 1. The number of aryl methyl sites for hydroxylation is 4. The van der Waals surface area contributed by atoms with E-state index < -0.39 is 0 Å². The van der Waals surface area contributed by atoms with Crippen LogP contribution in [0.25, 0.3) is 5.95 Å². The Morgan fingerprint density at radius 3 is 1.97 bits per heavy atom. The molecule has 0 fully saturated rings. The molecule has 192 valence electrons. The van der Waals surface area contributed by atoms with E-state index in [-0.39, 0.29) is 0 Å². The summed E-state index contributed by atoms with van der Waals surface area (Å²) in [6.45, 7) is 5.64. The molecule has 0 unspecified atom stereocenters. The van der Waals surface area contributed by atoms with E-state index in [4.69, 9.17) is 9.98 Å². The summed E-state index contributed by atoms with van der Waals surface area (Å²) in [6, 6.07) is 21.4. The average molecular weight is 509 g/mol. The van der Waals surface area contributed by atoms with Crippen molar-refractivity contribution in [3.63, 3.8) is 0 Å². The Kier molecular flexibility index (Phi) is 6.76. The van der Waals surface area contributed by atoms with Gasteiger partial charge in [-0.05, 0) is 45.0 Å². The molecule has 0 radical (unpaired) electrons. The number of benzene rings is 2. The molecule has 0 aliphatic carbocycles. The molecule has 5 rings (SSSR count). The maximum absolute atomic E-state index is 4.79. The number of anilines is 4. The third-order valence-electron chi connectivity index (χ3n) is 5.51. The van der Waals surface area contributed by atoms with Crippen LogP contribution in [0, 0.1) is 13.8 Å². The summed E-state index contributed by atoms with van der Waals surface area (Å²) in [4.78, 5) is 23.2. The lowest BCUT2D eigenvalue weighted by atomic mass is 10.3. The summed E-state index contributed by atoms with van der Waals surface area (Å²) in [5, 5.41) is 15.3. The molecule has 0 bridgehead atoms. The van der Waals surface area contributed by atoms with Gasteiger partial charge in [0, 0.05) is 37.2 Å². The van der Waals surface area contributed by atoms with Gasteiger partial charge < -0.3 is 10.6 Å². The van der Waals surface area contributed by atoms with E-state index in [2.05, 4.69) is 35.8 Å². The zero-order valence-electron chi connectivity index (χ0n) is 21.8. The molecule has 3 heterocycles. The topological polar surface area (TPSA) is 128 Å². The average Bonchev–Trinajstić information content (AvgIpc) is 3.40. The van der Waals surface area contributed by atoms with Crippen LogP contribution in [-0.2, 0) is 14.1 Å². The molecule has 0 saturated heterocycles. The van der Waals surface area contributed by atoms with Crippen LogP contribution >= 0.6 is 0 Å². The smallest absolute Gasteiger partial charge is 0.251 e. The summed E-state index contributed by atoms with van der Waals surface area (Å²) in [5.74, 6) is 3.12. The minimum absolute atomic E-state index is 0.423. The highest BCUT2D eigenvalue weighted by atomic mass is 15.4. The van der Waals surface area contributed by atoms with Crippen molar-refractivity contribution in [2.24, 2.45) is 24.1 Å². The number of hydrogen-bond donors (Lipinski definition) is 2. The van der Waals surface area contributed by atoms with Crippen molar-refractivity contribution in [2.75, 3.05) is 10.6 Å². The van der Waals surface area contributed by atoms with Crippen molar-refractivity contribution in [3.8, 4) is 5.95 Å². The SMILES string of the molecule is CC(=Nc1nc(Nc2ccccc2)nn1C)N=c1cc(C)nc(C)n1-c1nc(Nc2ccccc2)nn1C. The lowest BCUT2D eigenvalue weighted by molar-refractivity contribution is 0.688. The number of aromatic nitrogens is 8. The fourth-order valence-corrected chi connectivity index (χ4v) is 3.87. The third kappa shape index (κ3) is 5.48. The predicted octanol–water partition coefficient (Wildman–Crippen LogP) is 3.88. The van der Waals surface area contributed by atoms with Crippen LogP contribution in [0.5, 0.6) is 0 Å². The first-order valence-electron chi connectivity index (χ1n) is 12.0. The van der Waals surface area contributed by atoms with Crippen LogP contribution in [0.4, 0.5) is 29.2 Å². The van der Waals surface area contributed by atoms with E-state index >= 15 is 0 Å². The van der Waals surface area contributed by atoms with Crippen molar-refractivity contribution in [2.45, 2.75) is 20.8 Å². The van der Waals surface area contributed by atoms with Crippen LogP contribution in [0.15, 0.2) is 76.7 Å². The minimum Gasteiger partial charge on any atom is -0.323 e. The molecule has 0 aliphatic heterocycles. The van der Waals surface area contributed by atoms with E-state index in [1.807, 2.05) is 99.1 Å². The molecule has 12 heteroatoms. The van der Waals surface area contributed by atoms with Crippen LogP contribution in [0.2, 0.25) is 0 Å². The zero-order valence-corrected chi connectivity index (χ0v) is 21.8. The van der Waals surface area contributed by atoms with Gasteiger partial charge in [-0.1, -0.05) is 36.4 Å². The van der Waals surface area contributed by atoms with E-state index in [9.17, 15) is 0 Å². The molecule has 0 spiro atoms. The molecule has 0 atom stereocenters. The van der Waals surface area contributed by atoms with Gasteiger partial charge in [-0.3, -0.25) is 4.57 Å². The highest BCUT2D eigenvalue weighted by Gasteiger charge is 2.14. The highest BCUT2D eigenvalue weighted by Crippen LogP contribution is 2.17. The summed E-state index contributed by atoms with van der Waals surface area (Å²) < 4.78 is 5.13. The third-order valence-corrected chi connectivity index (χ3v) is 5.51. The second kappa shape index (κ2) is 10.5. The van der Waals surface area contributed by atoms with Gasteiger partial charge in [-0.25, -0.2) is 19.3 Å². The lowest BCUT2D eigenvalue weighted by Crippen LogP contribution is -2.27. The van der Waals surface area contributed by atoms with E-state index in [1.54, 1.807) is 16.4 Å². The van der Waals surface area contributed by atoms with Crippen LogP contribution in [-0.4, -0.2) is 44.9 Å². The quantitative estimate of drug-likeness (QED) is 0.263. The van der Waals surface area contributed by atoms with Crippen LogP contribution in [0.1, 0.15) is 18.4 Å². The van der Waals surface area contributed by atoms with Crippen molar-refractivity contribution in [3.05, 3.63) is 83.7 Å². The normalized spacial score (nSPS) is 12.1. The lowest BCUT2D eigenvalue weighted by Gasteiger charge is -2.10. The summed E-state index contributed by atoms with van der Waals surface area (Å²) in [5.41, 5.74) is 3.22. The second-order valence-corrected chi connectivity index (χ2v) is 8.61. The maximum atomic E-state index is 4.79. The second-order valence-electron chi connectivity index (χ2n) is 8.61. The molecule has 3 aromatic heterocycles.